The Morgan fingerprint density at radius 2 is 1.88 bits per heavy atom. The van der Waals surface area contributed by atoms with Gasteiger partial charge in [-0.2, -0.15) is 0 Å². The molecule has 0 unspecified atom stereocenters. The summed E-state index contributed by atoms with van der Waals surface area (Å²) in [5.41, 5.74) is 1.00. The largest absolute Gasteiger partial charge is 0.240 e. The van der Waals surface area contributed by atoms with Crippen LogP contribution in [0.5, 0.6) is 0 Å². The molecule has 2 aromatic carbocycles. The number of hydrogen-bond acceptors (Lipinski definition) is 2. The van der Waals surface area contributed by atoms with E-state index in [1.165, 1.54) is 10.8 Å². The lowest BCUT2D eigenvalue weighted by Crippen LogP contribution is -1.91. The van der Waals surface area contributed by atoms with Crippen LogP contribution in [0.4, 0.5) is 0 Å². The van der Waals surface area contributed by atoms with Gasteiger partial charge in [0.1, 0.15) is 5.82 Å². The van der Waals surface area contributed by atoms with Crippen LogP contribution in [0.1, 0.15) is 5.82 Å². The van der Waals surface area contributed by atoms with Crippen LogP contribution >= 0.6 is 15.9 Å². The number of hydrogen-bond donors (Lipinski definition) is 0. The van der Waals surface area contributed by atoms with Crippen molar-refractivity contribution in [2.24, 2.45) is 0 Å². The number of fused-ring (bicyclic) bond motifs is 3. The summed E-state index contributed by atoms with van der Waals surface area (Å²) in [6.45, 7) is 0. The Balaban J connectivity index is 2.43. The monoisotopic (exact) mass is 272 g/mol. The highest BCUT2D eigenvalue weighted by molar-refractivity contribution is 9.08. The molecule has 0 spiro atoms. The van der Waals surface area contributed by atoms with E-state index in [9.17, 15) is 0 Å². The van der Waals surface area contributed by atoms with E-state index in [-0.39, 0.29) is 0 Å². The van der Waals surface area contributed by atoms with Gasteiger partial charge in [-0.1, -0.05) is 46.3 Å². The van der Waals surface area contributed by atoms with Gasteiger partial charge >= 0.3 is 0 Å². The fraction of sp³-hybridized carbons (Fsp3) is 0.0769. The maximum Gasteiger partial charge on any atom is 0.139 e. The number of nitrogens with zero attached hydrogens (tertiary/aromatic N) is 2. The van der Waals surface area contributed by atoms with Crippen molar-refractivity contribution < 1.29 is 0 Å². The van der Waals surface area contributed by atoms with Crippen molar-refractivity contribution in [3.8, 4) is 0 Å². The molecule has 3 rings (SSSR count). The van der Waals surface area contributed by atoms with Crippen molar-refractivity contribution in [1.82, 2.24) is 9.97 Å². The van der Waals surface area contributed by atoms with Crippen molar-refractivity contribution >= 4 is 37.6 Å². The highest BCUT2D eigenvalue weighted by atomic mass is 79.9. The quantitative estimate of drug-likeness (QED) is 0.499. The molecule has 0 saturated heterocycles. The molecule has 78 valence electrons. The molecule has 0 amide bonds. The molecule has 16 heavy (non-hydrogen) atoms. The summed E-state index contributed by atoms with van der Waals surface area (Å²) in [6, 6.07) is 12.4. The summed E-state index contributed by atoms with van der Waals surface area (Å²) in [7, 11) is 0. The van der Waals surface area contributed by atoms with Gasteiger partial charge in [-0.25, -0.2) is 9.97 Å². The molecule has 1 heterocycles. The van der Waals surface area contributed by atoms with Crippen molar-refractivity contribution in [3.05, 3.63) is 48.4 Å². The zero-order valence-corrected chi connectivity index (χ0v) is 10.1. The average Bonchev–Trinajstić information content (AvgIpc) is 2.38. The van der Waals surface area contributed by atoms with Gasteiger partial charge in [0.15, 0.2) is 0 Å². The summed E-state index contributed by atoms with van der Waals surface area (Å²) in [5.74, 6) is 0.822. The second-order valence-corrected chi connectivity index (χ2v) is 4.20. The minimum atomic E-state index is 0.690. The van der Waals surface area contributed by atoms with Gasteiger partial charge in [0.2, 0.25) is 0 Å². The Kier molecular flexibility index (Phi) is 2.33. The first kappa shape index (κ1) is 9.73. The molecule has 0 fully saturated rings. The number of rotatable bonds is 1. The number of alkyl halides is 1. The average molecular weight is 273 g/mol. The van der Waals surface area contributed by atoms with Crippen LogP contribution in [0.2, 0.25) is 0 Å². The molecule has 0 N–H and O–H groups in total. The predicted molar refractivity (Wildman–Crippen MR) is 69.7 cm³/mol. The topological polar surface area (TPSA) is 25.8 Å². The van der Waals surface area contributed by atoms with Crippen molar-refractivity contribution in [3.63, 3.8) is 0 Å². The highest BCUT2D eigenvalue weighted by Gasteiger charge is 2.02. The lowest BCUT2D eigenvalue weighted by Gasteiger charge is -2.03. The van der Waals surface area contributed by atoms with Crippen LogP contribution in [0, 0.1) is 0 Å². The van der Waals surface area contributed by atoms with Gasteiger partial charge in [0, 0.05) is 11.6 Å². The molecule has 3 aromatic rings. The minimum absolute atomic E-state index is 0.690. The zero-order valence-electron chi connectivity index (χ0n) is 8.52. The van der Waals surface area contributed by atoms with Gasteiger partial charge in [0.05, 0.1) is 10.8 Å². The second-order valence-electron chi connectivity index (χ2n) is 3.64. The Morgan fingerprint density at radius 3 is 2.75 bits per heavy atom. The van der Waals surface area contributed by atoms with Gasteiger partial charge in [-0.3, -0.25) is 0 Å². The SMILES string of the molecule is BrCc1ncc2c(ccc3ccccc32)n1. The molecule has 1 aromatic heterocycles. The number of aromatic nitrogens is 2. The summed E-state index contributed by atoms with van der Waals surface area (Å²) in [5, 5.41) is 4.24. The van der Waals surface area contributed by atoms with E-state index in [2.05, 4.69) is 44.1 Å². The standard InChI is InChI=1S/C13H9BrN2/c14-7-13-15-8-11-10-4-2-1-3-9(10)5-6-12(11)16-13/h1-6,8H,7H2. The van der Waals surface area contributed by atoms with Crippen LogP contribution in [0.15, 0.2) is 42.6 Å². The van der Waals surface area contributed by atoms with Crippen molar-refractivity contribution in [2.75, 3.05) is 0 Å². The van der Waals surface area contributed by atoms with Gasteiger partial charge in [-0.05, 0) is 16.8 Å². The van der Waals surface area contributed by atoms with Gasteiger partial charge in [-0.15, -0.1) is 0 Å². The molecular weight excluding hydrogens is 264 g/mol. The Labute approximate surface area is 101 Å². The highest BCUT2D eigenvalue weighted by Crippen LogP contribution is 2.23. The van der Waals surface area contributed by atoms with Crippen LogP contribution in [-0.2, 0) is 5.33 Å². The molecule has 0 atom stereocenters. The maximum atomic E-state index is 4.49. The second kappa shape index (κ2) is 3.83. The lowest BCUT2D eigenvalue weighted by atomic mass is 10.1. The van der Waals surface area contributed by atoms with Crippen molar-refractivity contribution in [1.29, 1.82) is 0 Å². The number of halogens is 1. The van der Waals surface area contributed by atoms with E-state index in [4.69, 9.17) is 0 Å². The Bertz CT molecular complexity index is 664. The van der Waals surface area contributed by atoms with Crippen LogP contribution in [-0.4, -0.2) is 9.97 Å². The molecule has 2 nitrogen and oxygen atoms in total. The van der Waals surface area contributed by atoms with Crippen LogP contribution in [0.3, 0.4) is 0 Å². The third-order valence-corrected chi connectivity index (χ3v) is 3.16. The van der Waals surface area contributed by atoms with E-state index in [0.717, 1.165) is 16.7 Å². The fourth-order valence-corrected chi connectivity index (χ4v) is 2.16. The van der Waals surface area contributed by atoms with Crippen LogP contribution in [0.25, 0.3) is 21.7 Å². The molecule has 0 aliphatic carbocycles. The maximum absolute atomic E-state index is 4.49. The smallest absolute Gasteiger partial charge is 0.139 e. The fourth-order valence-electron chi connectivity index (χ4n) is 1.89. The van der Waals surface area contributed by atoms with E-state index in [0.29, 0.717) is 5.33 Å². The Morgan fingerprint density at radius 1 is 1.00 bits per heavy atom. The molecule has 0 saturated carbocycles. The van der Waals surface area contributed by atoms with E-state index in [1.54, 1.807) is 0 Å². The van der Waals surface area contributed by atoms with Gasteiger partial charge in [0.25, 0.3) is 0 Å². The summed E-state index contributed by atoms with van der Waals surface area (Å²) in [4.78, 5) is 8.80. The minimum Gasteiger partial charge on any atom is -0.240 e. The van der Waals surface area contributed by atoms with E-state index < -0.39 is 0 Å². The summed E-state index contributed by atoms with van der Waals surface area (Å²) < 4.78 is 0. The first-order valence-corrected chi connectivity index (χ1v) is 6.20. The van der Waals surface area contributed by atoms with Gasteiger partial charge < -0.3 is 0 Å². The molecule has 0 radical (unpaired) electrons. The van der Waals surface area contributed by atoms with E-state index in [1.807, 2.05) is 24.4 Å². The van der Waals surface area contributed by atoms with Crippen LogP contribution < -0.4 is 0 Å². The summed E-state index contributed by atoms with van der Waals surface area (Å²) in [6.07, 6.45) is 1.90. The Hall–Kier alpha value is -1.48. The molecular formula is C13H9BrN2. The first-order valence-electron chi connectivity index (χ1n) is 5.08. The molecule has 0 bridgehead atoms. The zero-order chi connectivity index (χ0) is 11.0. The molecule has 0 aliphatic rings. The lowest BCUT2D eigenvalue weighted by molar-refractivity contribution is 1.08. The van der Waals surface area contributed by atoms with Crippen molar-refractivity contribution in [2.45, 2.75) is 5.33 Å². The third kappa shape index (κ3) is 1.48. The first-order chi connectivity index (χ1) is 7.88. The molecule has 3 heteroatoms. The number of benzene rings is 2. The predicted octanol–water partition coefficient (Wildman–Crippen LogP) is 3.68. The normalized spacial score (nSPS) is 11.1. The third-order valence-electron chi connectivity index (χ3n) is 2.66. The van der Waals surface area contributed by atoms with E-state index >= 15 is 0 Å². The summed E-state index contributed by atoms with van der Waals surface area (Å²) >= 11 is 3.37. The molecule has 0 aliphatic heterocycles.